The Hall–Kier alpha value is -1.50. The summed E-state index contributed by atoms with van der Waals surface area (Å²) in [4.78, 5) is 17.1. The Morgan fingerprint density at radius 1 is 1.50 bits per heavy atom. The monoisotopic (exact) mass is 307 g/mol. The number of amides is 1. The van der Waals surface area contributed by atoms with Crippen molar-refractivity contribution in [1.29, 1.82) is 0 Å². The summed E-state index contributed by atoms with van der Waals surface area (Å²) in [6.07, 6.45) is 1.72. The molecule has 0 aliphatic heterocycles. The molecule has 4 nitrogen and oxygen atoms in total. The lowest BCUT2D eigenvalue weighted by Gasteiger charge is -2.24. The molecule has 2 N–H and O–H groups in total. The van der Waals surface area contributed by atoms with Crippen LogP contribution >= 0.6 is 23.6 Å². The van der Waals surface area contributed by atoms with Crippen molar-refractivity contribution >= 4 is 29.5 Å². The van der Waals surface area contributed by atoms with E-state index >= 15 is 0 Å². The van der Waals surface area contributed by atoms with Crippen LogP contribution in [0.3, 0.4) is 0 Å². The Balaban J connectivity index is 2.05. The topological polar surface area (TPSA) is 48.1 Å². The molecule has 6 heteroatoms. The summed E-state index contributed by atoms with van der Waals surface area (Å²) in [6, 6.07) is 5.73. The predicted octanol–water partition coefficient (Wildman–Crippen LogP) is 2.84. The Morgan fingerprint density at radius 3 is 2.90 bits per heavy atom. The van der Waals surface area contributed by atoms with Crippen molar-refractivity contribution in [3.05, 3.63) is 50.9 Å². The predicted molar refractivity (Wildman–Crippen MR) is 84.7 cm³/mol. The zero-order valence-corrected chi connectivity index (χ0v) is 13.1. The zero-order valence-electron chi connectivity index (χ0n) is 11.4. The third-order valence-electron chi connectivity index (χ3n) is 3.07. The van der Waals surface area contributed by atoms with Crippen LogP contribution < -0.4 is 5.32 Å². The molecule has 0 radical (unpaired) electrons. The van der Waals surface area contributed by atoms with Crippen molar-refractivity contribution in [2.45, 2.75) is 6.04 Å². The number of carbonyl (C=O) groups excluding carboxylic acids is 1. The molecule has 0 aromatic carbocycles. The maximum absolute atomic E-state index is 12.1. The van der Waals surface area contributed by atoms with Crippen LogP contribution in [0.25, 0.3) is 0 Å². The van der Waals surface area contributed by atoms with E-state index in [1.807, 2.05) is 19.5 Å². The number of likely N-dealkylation sites (N-methyl/N-ethyl adjacent to an activating group) is 1. The molecule has 0 bridgehead atoms. The standard InChI is InChI=1S/C14H17N3OS2/c1-17(2)12(10-5-7-20-9-10)8-16-13(18)11-4-3-6-15-14(11)19/h3-7,9,12H,8H2,1-2H3,(H,15,19)(H,16,18). The molecule has 1 atom stereocenters. The highest BCUT2D eigenvalue weighted by molar-refractivity contribution is 7.71. The Kier molecular flexibility index (Phi) is 5.05. The van der Waals surface area contributed by atoms with Crippen LogP contribution in [-0.4, -0.2) is 36.4 Å². The molecule has 2 rings (SSSR count). The summed E-state index contributed by atoms with van der Waals surface area (Å²) in [5.41, 5.74) is 1.71. The van der Waals surface area contributed by atoms with Gasteiger partial charge in [0.2, 0.25) is 0 Å². The van der Waals surface area contributed by atoms with E-state index in [4.69, 9.17) is 12.2 Å². The lowest BCUT2D eigenvalue weighted by molar-refractivity contribution is 0.0941. The van der Waals surface area contributed by atoms with Gasteiger partial charge in [0.05, 0.1) is 11.6 Å². The number of nitrogens with one attached hydrogen (secondary N) is 2. The zero-order chi connectivity index (χ0) is 14.5. The summed E-state index contributed by atoms with van der Waals surface area (Å²) < 4.78 is 0.460. The number of aromatic nitrogens is 1. The van der Waals surface area contributed by atoms with Crippen LogP contribution in [0, 0.1) is 4.64 Å². The van der Waals surface area contributed by atoms with E-state index < -0.39 is 0 Å². The number of hydrogen-bond donors (Lipinski definition) is 2. The number of carbonyl (C=O) groups is 1. The molecule has 1 unspecified atom stereocenters. The van der Waals surface area contributed by atoms with Gasteiger partial charge in [0.25, 0.3) is 5.91 Å². The van der Waals surface area contributed by atoms with Gasteiger partial charge in [-0.1, -0.05) is 12.2 Å². The lowest BCUT2D eigenvalue weighted by atomic mass is 10.1. The van der Waals surface area contributed by atoms with Crippen molar-refractivity contribution < 1.29 is 4.79 Å². The van der Waals surface area contributed by atoms with E-state index in [1.165, 1.54) is 5.56 Å². The second-order valence-corrected chi connectivity index (χ2v) is 5.85. The molecular formula is C14H17N3OS2. The van der Waals surface area contributed by atoms with Gasteiger partial charge in [-0.05, 0) is 48.6 Å². The summed E-state index contributed by atoms with van der Waals surface area (Å²) in [6.45, 7) is 0.548. The number of hydrogen-bond acceptors (Lipinski definition) is 4. The molecule has 0 spiro atoms. The van der Waals surface area contributed by atoms with Gasteiger partial charge < -0.3 is 15.2 Å². The van der Waals surface area contributed by atoms with Crippen LogP contribution in [0.2, 0.25) is 0 Å². The normalized spacial score (nSPS) is 12.3. The Morgan fingerprint density at radius 2 is 2.30 bits per heavy atom. The molecule has 2 aromatic heterocycles. The summed E-state index contributed by atoms with van der Waals surface area (Å²) in [5, 5.41) is 7.09. The molecule has 1 amide bonds. The Bertz CT molecular complexity index is 619. The third-order valence-corrected chi connectivity index (χ3v) is 4.11. The van der Waals surface area contributed by atoms with Gasteiger partial charge in [0, 0.05) is 12.7 Å². The van der Waals surface area contributed by atoms with Crippen LogP contribution in [0.15, 0.2) is 35.2 Å². The van der Waals surface area contributed by atoms with Gasteiger partial charge in [-0.15, -0.1) is 0 Å². The molecule has 2 aromatic rings. The number of H-pyrrole nitrogens is 1. The second-order valence-electron chi connectivity index (χ2n) is 4.66. The Labute approximate surface area is 127 Å². The van der Waals surface area contributed by atoms with Gasteiger partial charge in [-0.2, -0.15) is 11.3 Å². The minimum absolute atomic E-state index is 0.145. The summed E-state index contributed by atoms with van der Waals surface area (Å²) in [7, 11) is 4.01. The molecule has 106 valence electrons. The summed E-state index contributed by atoms with van der Waals surface area (Å²) in [5.74, 6) is -0.145. The van der Waals surface area contributed by atoms with Crippen LogP contribution in [0.4, 0.5) is 0 Å². The molecule has 0 saturated heterocycles. The van der Waals surface area contributed by atoms with Crippen molar-refractivity contribution in [2.24, 2.45) is 0 Å². The van der Waals surface area contributed by atoms with E-state index in [9.17, 15) is 4.79 Å². The van der Waals surface area contributed by atoms with Crippen LogP contribution in [-0.2, 0) is 0 Å². The fourth-order valence-corrected chi connectivity index (χ4v) is 2.88. The maximum atomic E-state index is 12.1. The van der Waals surface area contributed by atoms with Crippen LogP contribution in [0.5, 0.6) is 0 Å². The van der Waals surface area contributed by atoms with Gasteiger partial charge in [0.1, 0.15) is 4.64 Å². The molecule has 0 aliphatic carbocycles. The average Bonchev–Trinajstić information content (AvgIpc) is 2.92. The average molecular weight is 307 g/mol. The minimum atomic E-state index is -0.145. The molecule has 0 saturated carbocycles. The van der Waals surface area contributed by atoms with Crippen LogP contribution in [0.1, 0.15) is 22.0 Å². The lowest BCUT2D eigenvalue weighted by Crippen LogP contribution is -2.34. The SMILES string of the molecule is CN(C)C(CNC(=O)c1ccc[nH]c1=S)c1ccsc1. The second kappa shape index (κ2) is 6.78. The first kappa shape index (κ1) is 14.9. The first-order chi connectivity index (χ1) is 9.59. The first-order valence-corrected chi connectivity index (χ1v) is 7.59. The number of nitrogens with zero attached hydrogens (tertiary/aromatic N) is 1. The minimum Gasteiger partial charge on any atom is -0.352 e. The highest BCUT2D eigenvalue weighted by Gasteiger charge is 2.16. The number of thiophene rings is 1. The van der Waals surface area contributed by atoms with E-state index in [0.717, 1.165) is 0 Å². The summed E-state index contributed by atoms with van der Waals surface area (Å²) >= 11 is 6.77. The third kappa shape index (κ3) is 3.53. The van der Waals surface area contributed by atoms with Crippen molar-refractivity contribution in [3.63, 3.8) is 0 Å². The van der Waals surface area contributed by atoms with Gasteiger partial charge >= 0.3 is 0 Å². The molecular weight excluding hydrogens is 290 g/mol. The van der Waals surface area contributed by atoms with Gasteiger partial charge in [-0.25, -0.2) is 0 Å². The molecule has 0 aliphatic rings. The molecule has 2 heterocycles. The van der Waals surface area contributed by atoms with E-state index in [-0.39, 0.29) is 11.9 Å². The molecule has 20 heavy (non-hydrogen) atoms. The number of aromatic amines is 1. The van der Waals surface area contributed by atoms with E-state index in [0.29, 0.717) is 16.7 Å². The van der Waals surface area contributed by atoms with Crippen molar-refractivity contribution in [1.82, 2.24) is 15.2 Å². The smallest absolute Gasteiger partial charge is 0.254 e. The largest absolute Gasteiger partial charge is 0.352 e. The fraction of sp³-hybridized carbons (Fsp3) is 0.286. The maximum Gasteiger partial charge on any atom is 0.254 e. The number of rotatable bonds is 5. The highest BCUT2D eigenvalue weighted by atomic mass is 32.1. The molecule has 0 fully saturated rings. The quantitative estimate of drug-likeness (QED) is 0.835. The van der Waals surface area contributed by atoms with Crippen molar-refractivity contribution in [2.75, 3.05) is 20.6 Å². The van der Waals surface area contributed by atoms with Gasteiger partial charge in [0.15, 0.2) is 0 Å². The van der Waals surface area contributed by atoms with E-state index in [2.05, 4.69) is 26.6 Å². The fourth-order valence-electron chi connectivity index (χ4n) is 1.95. The van der Waals surface area contributed by atoms with Crippen molar-refractivity contribution in [3.8, 4) is 0 Å². The number of pyridine rings is 1. The van der Waals surface area contributed by atoms with E-state index in [1.54, 1.807) is 29.7 Å². The highest BCUT2D eigenvalue weighted by Crippen LogP contribution is 2.20. The first-order valence-electron chi connectivity index (χ1n) is 6.24. The van der Waals surface area contributed by atoms with Gasteiger partial charge in [-0.3, -0.25) is 4.79 Å².